The molecule has 0 spiro atoms. The van der Waals surface area contributed by atoms with Crippen LogP contribution >= 0.6 is 0 Å². The number of nitrogens with one attached hydrogen (secondary N) is 1. The molecule has 0 radical (unpaired) electrons. The van der Waals surface area contributed by atoms with Crippen molar-refractivity contribution in [2.24, 2.45) is 0 Å². The summed E-state index contributed by atoms with van der Waals surface area (Å²) in [6.45, 7) is 6.12. The normalized spacial score (nSPS) is 20.3. The van der Waals surface area contributed by atoms with E-state index in [1.165, 1.54) is 12.1 Å². The maximum Gasteiger partial charge on any atom is 0.416 e. The lowest BCUT2D eigenvalue weighted by Crippen LogP contribution is -2.55. The Morgan fingerprint density at radius 1 is 1.26 bits per heavy atom. The van der Waals surface area contributed by atoms with Gasteiger partial charge in [-0.2, -0.15) is 13.2 Å². The second-order valence-corrected chi connectivity index (χ2v) is 7.72. The number of alkyl halides is 3. The van der Waals surface area contributed by atoms with Crippen LogP contribution in [0, 0.1) is 0 Å². The van der Waals surface area contributed by atoms with Crippen molar-refractivity contribution in [2.45, 2.75) is 70.8 Å². The predicted octanol–water partition coefficient (Wildman–Crippen LogP) is 3.27. The molecule has 2 N–H and O–H groups in total. The van der Waals surface area contributed by atoms with Crippen molar-refractivity contribution in [1.29, 1.82) is 0 Å². The number of carbonyl (C=O) groups is 1. The number of hydrogen-bond donors (Lipinski definition) is 2. The summed E-state index contributed by atoms with van der Waals surface area (Å²) in [4.78, 5) is 14.2. The minimum atomic E-state index is -4.38. The van der Waals surface area contributed by atoms with Crippen molar-refractivity contribution in [2.75, 3.05) is 6.54 Å². The van der Waals surface area contributed by atoms with Crippen LogP contribution in [-0.2, 0) is 22.3 Å². The topological polar surface area (TPSA) is 61.8 Å². The number of rotatable bonds is 5. The van der Waals surface area contributed by atoms with Gasteiger partial charge in [-0.1, -0.05) is 18.6 Å². The first-order valence-corrected chi connectivity index (χ1v) is 9.03. The Hall–Kier alpha value is -1.64. The quantitative estimate of drug-likeness (QED) is 0.760. The number of aliphatic hydroxyl groups is 1. The summed E-state index contributed by atoms with van der Waals surface area (Å²) in [5.41, 5.74) is -0.707. The van der Waals surface area contributed by atoms with E-state index in [9.17, 15) is 23.1 Å². The third kappa shape index (κ3) is 6.48. The van der Waals surface area contributed by atoms with Crippen LogP contribution in [0.2, 0.25) is 0 Å². The number of aliphatic hydroxyl groups excluding tert-OH is 1. The van der Waals surface area contributed by atoms with Crippen molar-refractivity contribution < 1.29 is 27.8 Å². The van der Waals surface area contributed by atoms with Crippen molar-refractivity contribution in [1.82, 2.24) is 10.2 Å². The molecule has 5 nitrogen and oxygen atoms in total. The third-order valence-corrected chi connectivity index (χ3v) is 4.34. The Balaban J connectivity index is 1.96. The van der Waals surface area contributed by atoms with Gasteiger partial charge >= 0.3 is 6.18 Å². The fraction of sp³-hybridized carbons (Fsp3) is 0.632. The molecular weight excluding hydrogens is 361 g/mol. The summed E-state index contributed by atoms with van der Waals surface area (Å²) < 4.78 is 43.4. The molecular formula is C19H27F3N2O3. The van der Waals surface area contributed by atoms with E-state index < -0.39 is 29.8 Å². The number of amides is 1. The Morgan fingerprint density at radius 3 is 2.44 bits per heavy atom. The highest BCUT2D eigenvalue weighted by Gasteiger charge is 2.35. The van der Waals surface area contributed by atoms with Gasteiger partial charge in [0, 0.05) is 13.1 Å². The summed E-state index contributed by atoms with van der Waals surface area (Å²) in [6.07, 6.45) is -3.27. The van der Waals surface area contributed by atoms with E-state index in [0.29, 0.717) is 18.5 Å². The summed E-state index contributed by atoms with van der Waals surface area (Å²) >= 11 is 0. The monoisotopic (exact) mass is 388 g/mol. The molecule has 152 valence electrons. The molecule has 0 saturated carbocycles. The second kappa shape index (κ2) is 8.58. The van der Waals surface area contributed by atoms with Gasteiger partial charge in [0.05, 0.1) is 17.2 Å². The molecule has 1 aliphatic rings. The van der Waals surface area contributed by atoms with Gasteiger partial charge in [-0.15, -0.1) is 0 Å². The average Bonchev–Trinajstić information content (AvgIpc) is 2.58. The first-order chi connectivity index (χ1) is 12.5. The lowest BCUT2D eigenvalue weighted by molar-refractivity contribution is -0.251. The second-order valence-electron chi connectivity index (χ2n) is 7.72. The van der Waals surface area contributed by atoms with Crippen LogP contribution in [-0.4, -0.2) is 40.5 Å². The minimum absolute atomic E-state index is 0.123. The molecule has 1 unspecified atom stereocenters. The number of hydrogen-bond acceptors (Lipinski definition) is 4. The molecule has 0 aliphatic carbocycles. The van der Waals surface area contributed by atoms with E-state index in [1.807, 2.05) is 20.8 Å². The number of benzene rings is 1. The third-order valence-electron chi connectivity index (χ3n) is 4.34. The largest absolute Gasteiger partial charge is 0.416 e. The molecule has 1 aromatic rings. The zero-order valence-electron chi connectivity index (χ0n) is 15.8. The summed E-state index contributed by atoms with van der Waals surface area (Å²) in [5.74, 6) is -0.272. The highest BCUT2D eigenvalue weighted by Crippen LogP contribution is 2.29. The van der Waals surface area contributed by atoms with E-state index in [4.69, 9.17) is 4.74 Å². The molecule has 27 heavy (non-hydrogen) atoms. The van der Waals surface area contributed by atoms with Gasteiger partial charge in [0.1, 0.15) is 0 Å². The SMILES string of the molecule is CC(C)(C)OC(O)N1CCCC[C@@H]1C(=O)NCc1ccc(C(F)(F)F)cc1. The van der Waals surface area contributed by atoms with Crippen LogP contribution in [0.5, 0.6) is 0 Å². The Kier molecular flexibility index (Phi) is 6.88. The van der Waals surface area contributed by atoms with Gasteiger partial charge in [-0.3, -0.25) is 4.79 Å². The molecule has 1 aliphatic heterocycles. The van der Waals surface area contributed by atoms with Crippen LogP contribution in [0.15, 0.2) is 24.3 Å². The highest BCUT2D eigenvalue weighted by atomic mass is 19.4. The first kappa shape index (κ1) is 21.7. The molecule has 2 rings (SSSR count). The molecule has 1 heterocycles. The lowest BCUT2D eigenvalue weighted by atomic mass is 10.0. The zero-order chi connectivity index (χ0) is 20.2. The Morgan fingerprint density at radius 2 is 1.89 bits per heavy atom. The maximum absolute atomic E-state index is 12.6. The van der Waals surface area contributed by atoms with Gasteiger partial charge in [-0.25, -0.2) is 4.90 Å². The Labute approximate surface area is 157 Å². The standard InChI is InChI=1S/C19H27F3N2O3/c1-18(2,3)27-17(26)24-11-5-4-6-15(24)16(25)23-12-13-7-9-14(10-8-13)19(20,21)22/h7-10,15,17,26H,4-6,11-12H2,1-3H3,(H,23,25)/t15-,17?/m1/s1. The van der Waals surface area contributed by atoms with Gasteiger partial charge in [-0.05, 0) is 51.3 Å². The van der Waals surface area contributed by atoms with Crippen LogP contribution in [0.25, 0.3) is 0 Å². The number of nitrogens with zero attached hydrogens (tertiary/aromatic N) is 1. The highest BCUT2D eigenvalue weighted by molar-refractivity contribution is 5.81. The molecule has 0 bridgehead atoms. The fourth-order valence-corrected chi connectivity index (χ4v) is 3.00. The maximum atomic E-state index is 12.6. The molecule has 1 fully saturated rings. The van der Waals surface area contributed by atoms with Gasteiger partial charge in [0.25, 0.3) is 0 Å². The van der Waals surface area contributed by atoms with E-state index in [2.05, 4.69) is 5.32 Å². The summed E-state index contributed by atoms with van der Waals surface area (Å²) in [6, 6.07) is 4.15. The van der Waals surface area contributed by atoms with Crippen LogP contribution in [0.1, 0.15) is 51.2 Å². The number of piperidine rings is 1. The first-order valence-electron chi connectivity index (χ1n) is 9.03. The van der Waals surface area contributed by atoms with E-state index >= 15 is 0 Å². The van der Waals surface area contributed by atoms with Gasteiger partial charge < -0.3 is 15.2 Å². The molecule has 0 aromatic heterocycles. The van der Waals surface area contributed by atoms with Crippen LogP contribution in [0.3, 0.4) is 0 Å². The van der Waals surface area contributed by atoms with Crippen molar-refractivity contribution in [3.05, 3.63) is 35.4 Å². The minimum Gasteiger partial charge on any atom is -0.356 e. The summed E-state index contributed by atoms with van der Waals surface area (Å²) in [5, 5.41) is 13.1. The summed E-state index contributed by atoms with van der Waals surface area (Å²) in [7, 11) is 0. The average molecular weight is 388 g/mol. The van der Waals surface area contributed by atoms with Crippen LogP contribution in [0.4, 0.5) is 13.2 Å². The van der Waals surface area contributed by atoms with E-state index in [1.54, 1.807) is 4.90 Å². The molecule has 2 atom stereocenters. The van der Waals surface area contributed by atoms with Crippen molar-refractivity contribution in [3.8, 4) is 0 Å². The lowest BCUT2D eigenvalue weighted by Gasteiger charge is -2.39. The zero-order valence-corrected chi connectivity index (χ0v) is 15.8. The number of carbonyl (C=O) groups excluding carboxylic acids is 1. The fourth-order valence-electron chi connectivity index (χ4n) is 3.00. The molecule has 1 saturated heterocycles. The van der Waals surface area contributed by atoms with Crippen molar-refractivity contribution in [3.63, 3.8) is 0 Å². The molecule has 8 heteroatoms. The molecule has 1 amide bonds. The number of halogens is 3. The number of ether oxygens (including phenoxy) is 1. The van der Waals surface area contributed by atoms with Gasteiger partial charge in [0.15, 0.2) is 0 Å². The smallest absolute Gasteiger partial charge is 0.356 e. The predicted molar refractivity (Wildman–Crippen MR) is 94.5 cm³/mol. The van der Waals surface area contributed by atoms with E-state index in [0.717, 1.165) is 25.0 Å². The number of likely N-dealkylation sites (tertiary alicyclic amines) is 1. The van der Waals surface area contributed by atoms with Crippen LogP contribution < -0.4 is 5.32 Å². The molecule has 1 aromatic carbocycles. The van der Waals surface area contributed by atoms with Crippen molar-refractivity contribution >= 4 is 5.91 Å². The van der Waals surface area contributed by atoms with Gasteiger partial charge in [0.2, 0.25) is 12.3 Å². The Bertz CT molecular complexity index is 627. The van der Waals surface area contributed by atoms with E-state index in [-0.39, 0.29) is 12.5 Å².